The summed E-state index contributed by atoms with van der Waals surface area (Å²) < 4.78 is 30.9. The van der Waals surface area contributed by atoms with E-state index in [4.69, 9.17) is 10.5 Å². The van der Waals surface area contributed by atoms with Gasteiger partial charge in [0.05, 0.1) is 17.6 Å². The van der Waals surface area contributed by atoms with Crippen molar-refractivity contribution < 1.29 is 13.2 Å². The average molecular weight is 309 g/mol. The Morgan fingerprint density at radius 2 is 1.90 bits per heavy atom. The lowest BCUT2D eigenvalue weighted by atomic mass is 9.87. The molecule has 1 aromatic rings. The Bertz CT molecular complexity index is 620. The Morgan fingerprint density at radius 3 is 2.57 bits per heavy atom. The molecule has 2 unspecified atom stereocenters. The maximum absolute atomic E-state index is 12.9. The van der Waals surface area contributed by atoms with E-state index in [-0.39, 0.29) is 5.25 Å². The number of fused-ring (bicyclic) bond motifs is 1. The Hall–Kier alpha value is -1.07. The normalized spacial score (nSPS) is 26.6. The van der Waals surface area contributed by atoms with E-state index in [9.17, 15) is 8.42 Å². The standard InChI is InChI=1S/C16H23NO3S/c1-20-12-8-6-11-7-9-15(16(17)14(11)10-12)21(18,19)13-4-2-3-5-13/h6,8,10,13,15-16H,2-5,7,9,17H2,1H3. The summed E-state index contributed by atoms with van der Waals surface area (Å²) >= 11 is 0. The molecule has 5 heteroatoms. The summed E-state index contributed by atoms with van der Waals surface area (Å²) in [7, 11) is -1.53. The monoisotopic (exact) mass is 309 g/mol. The van der Waals surface area contributed by atoms with Crippen LogP contribution in [0, 0.1) is 0 Å². The topological polar surface area (TPSA) is 69.4 Å². The average Bonchev–Trinajstić information content (AvgIpc) is 3.02. The number of hydrogen-bond acceptors (Lipinski definition) is 4. The lowest BCUT2D eigenvalue weighted by Crippen LogP contribution is -2.41. The zero-order chi connectivity index (χ0) is 15.0. The van der Waals surface area contributed by atoms with Gasteiger partial charge in [0.15, 0.2) is 9.84 Å². The number of aryl methyl sites for hydroxylation is 1. The maximum Gasteiger partial charge on any atom is 0.157 e. The molecule has 21 heavy (non-hydrogen) atoms. The van der Waals surface area contributed by atoms with E-state index in [1.54, 1.807) is 7.11 Å². The van der Waals surface area contributed by atoms with Gasteiger partial charge in [0, 0.05) is 6.04 Å². The number of hydrogen-bond donors (Lipinski definition) is 1. The SMILES string of the molecule is COc1ccc2c(c1)C(N)C(S(=O)(=O)C1CCCC1)CC2. The van der Waals surface area contributed by atoms with Crippen LogP contribution in [0.3, 0.4) is 0 Å². The highest BCUT2D eigenvalue weighted by molar-refractivity contribution is 7.92. The van der Waals surface area contributed by atoms with Crippen LogP contribution in [0.2, 0.25) is 0 Å². The van der Waals surface area contributed by atoms with Gasteiger partial charge < -0.3 is 10.5 Å². The summed E-state index contributed by atoms with van der Waals surface area (Å²) in [6.45, 7) is 0. The van der Waals surface area contributed by atoms with E-state index >= 15 is 0 Å². The molecule has 2 atom stereocenters. The number of benzene rings is 1. The summed E-state index contributed by atoms with van der Waals surface area (Å²) in [5, 5.41) is -0.624. The van der Waals surface area contributed by atoms with Crippen molar-refractivity contribution in [2.75, 3.05) is 7.11 Å². The van der Waals surface area contributed by atoms with Gasteiger partial charge in [0.2, 0.25) is 0 Å². The van der Waals surface area contributed by atoms with Crippen molar-refractivity contribution in [2.45, 2.75) is 55.1 Å². The molecule has 4 nitrogen and oxygen atoms in total. The van der Waals surface area contributed by atoms with Crippen molar-refractivity contribution in [2.24, 2.45) is 5.73 Å². The van der Waals surface area contributed by atoms with Crippen LogP contribution in [-0.4, -0.2) is 26.0 Å². The van der Waals surface area contributed by atoms with Gasteiger partial charge in [-0.25, -0.2) is 8.42 Å². The molecule has 116 valence electrons. The van der Waals surface area contributed by atoms with E-state index in [0.29, 0.717) is 6.42 Å². The van der Waals surface area contributed by atoms with Gasteiger partial charge in [-0.15, -0.1) is 0 Å². The van der Waals surface area contributed by atoms with E-state index in [2.05, 4.69) is 0 Å². The van der Waals surface area contributed by atoms with Crippen molar-refractivity contribution in [3.8, 4) is 5.75 Å². The van der Waals surface area contributed by atoms with Gasteiger partial charge in [0.25, 0.3) is 0 Å². The minimum Gasteiger partial charge on any atom is -0.497 e. The third-order valence-corrected chi connectivity index (χ3v) is 7.77. The summed E-state index contributed by atoms with van der Waals surface area (Å²) in [5.41, 5.74) is 8.42. The minimum absolute atomic E-state index is 0.180. The third-order valence-electron chi connectivity index (χ3n) is 5.00. The fraction of sp³-hybridized carbons (Fsp3) is 0.625. The molecule has 3 rings (SSSR count). The Balaban J connectivity index is 1.92. The molecular formula is C16H23NO3S. The van der Waals surface area contributed by atoms with E-state index in [1.807, 2.05) is 18.2 Å². The lowest BCUT2D eigenvalue weighted by Gasteiger charge is -2.32. The van der Waals surface area contributed by atoms with Crippen LogP contribution in [0.25, 0.3) is 0 Å². The summed E-state index contributed by atoms with van der Waals surface area (Å²) in [4.78, 5) is 0. The van der Waals surface area contributed by atoms with E-state index < -0.39 is 21.1 Å². The van der Waals surface area contributed by atoms with Crippen LogP contribution in [0.1, 0.15) is 49.3 Å². The molecule has 1 saturated carbocycles. The molecular weight excluding hydrogens is 286 g/mol. The van der Waals surface area contributed by atoms with Crippen LogP contribution in [0.15, 0.2) is 18.2 Å². The highest BCUT2D eigenvalue weighted by Crippen LogP contribution is 2.38. The van der Waals surface area contributed by atoms with Crippen molar-refractivity contribution in [1.29, 1.82) is 0 Å². The predicted octanol–water partition coefficient (Wildman–Crippen LogP) is 2.37. The summed E-state index contributed by atoms with van der Waals surface area (Å²) in [5.74, 6) is 0.739. The molecule has 1 fully saturated rings. The number of rotatable bonds is 3. The molecule has 0 heterocycles. The van der Waals surface area contributed by atoms with Crippen molar-refractivity contribution >= 4 is 9.84 Å². The molecule has 1 aromatic carbocycles. The molecule has 0 aromatic heterocycles. The highest BCUT2D eigenvalue weighted by Gasteiger charge is 2.41. The second kappa shape index (κ2) is 5.61. The molecule has 2 aliphatic rings. The van der Waals surface area contributed by atoms with Gasteiger partial charge in [-0.3, -0.25) is 0 Å². The molecule has 0 bridgehead atoms. The van der Waals surface area contributed by atoms with Gasteiger partial charge in [-0.05, 0) is 48.9 Å². The first-order valence-electron chi connectivity index (χ1n) is 7.69. The van der Waals surface area contributed by atoms with E-state index in [1.165, 1.54) is 0 Å². The van der Waals surface area contributed by atoms with Gasteiger partial charge in [-0.2, -0.15) is 0 Å². The zero-order valence-corrected chi connectivity index (χ0v) is 13.2. The predicted molar refractivity (Wildman–Crippen MR) is 83.2 cm³/mol. The summed E-state index contributed by atoms with van der Waals surface area (Å²) in [6.07, 6.45) is 5.07. The van der Waals surface area contributed by atoms with Crippen molar-refractivity contribution in [3.05, 3.63) is 29.3 Å². The zero-order valence-electron chi connectivity index (χ0n) is 12.4. The van der Waals surface area contributed by atoms with E-state index in [0.717, 1.165) is 49.0 Å². The van der Waals surface area contributed by atoms with Gasteiger partial charge >= 0.3 is 0 Å². The number of ether oxygens (including phenoxy) is 1. The maximum atomic E-state index is 12.9. The molecule has 0 amide bonds. The fourth-order valence-electron chi connectivity index (χ4n) is 3.75. The second-order valence-corrected chi connectivity index (χ2v) is 8.61. The van der Waals surface area contributed by atoms with Crippen LogP contribution in [0.5, 0.6) is 5.75 Å². The summed E-state index contributed by atoms with van der Waals surface area (Å²) in [6, 6.07) is 5.38. The lowest BCUT2D eigenvalue weighted by molar-refractivity contribution is 0.412. The Morgan fingerprint density at radius 1 is 1.19 bits per heavy atom. The molecule has 0 saturated heterocycles. The van der Waals surface area contributed by atoms with Crippen LogP contribution < -0.4 is 10.5 Å². The van der Waals surface area contributed by atoms with Crippen LogP contribution in [0.4, 0.5) is 0 Å². The minimum atomic E-state index is -3.14. The Kier molecular flexibility index (Phi) is 3.97. The second-order valence-electron chi connectivity index (χ2n) is 6.16. The van der Waals surface area contributed by atoms with Crippen molar-refractivity contribution in [3.63, 3.8) is 0 Å². The fourth-order valence-corrected chi connectivity index (χ4v) is 6.23. The van der Waals surface area contributed by atoms with Gasteiger partial charge in [-0.1, -0.05) is 18.9 Å². The molecule has 0 spiro atoms. The first-order valence-corrected chi connectivity index (χ1v) is 9.30. The Labute approximate surface area is 126 Å². The van der Waals surface area contributed by atoms with Crippen molar-refractivity contribution in [1.82, 2.24) is 0 Å². The van der Waals surface area contributed by atoms with Crippen LogP contribution >= 0.6 is 0 Å². The first kappa shape index (κ1) is 14.9. The number of methoxy groups -OCH3 is 1. The number of nitrogens with two attached hydrogens (primary N) is 1. The number of sulfone groups is 1. The largest absolute Gasteiger partial charge is 0.497 e. The quantitative estimate of drug-likeness (QED) is 0.930. The van der Waals surface area contributed by atoms with Crippen LogP contribution in [-0.2, 0) is 16.3 Å². The first-order chi connectivity index (χ1) is 10.0. The molecule has 2 N–H and O–H groups in total. The highest BCUT2D eigenvalue weighted by atomic mass is 32.2. The smallest absolute Gasteiger partial charge is 0.157 e. The van der Waals surface area contributed by atoms with Gasteiger partial charge in [0.1, 0.15) is 5.75 Å². The molecule has 0 aliphatic heterocycles. The molecule has 2 aliphatic carbocycles. The molecule has 0 radical (unpaired) electrons. The third kappa shape index (κ3) is 2.57.